The molecular formula is C11H13N3O3. The van der Waals surface area contributed by atoms with Gasteiger partial charge >= 0.3 is 11.8 Å². The number of rotatable bonds is 2. The van der Waals surface area contributed by atoms with E-state index in [0.29, 0.717) is 5.52 Å². The van der Waals surface area contributed by atoms with Gasteiger partial charge in [-0.25, -0.2) is 9.59 Å². The summed E-state index contributed by atoms with van der Waals surface area (Å²) in [6, 6.07) is 5.34. The van der Waals surface area contributed by atoms with Crippen molar-refractivity contribution >= 4 is 17.1 Å². The third-order valence-corrected chi connectivity index (χ3v) is 2.31. The molecule has 0 aliphatic carbocycles. The van der Waals surface area contributed by atoms with Crippen LogP contribution in [-0.4, -0.2) is 35.1 Å². The summed E-state index contributed by atoms with van der Waals surface area (Å²) in [6.45, 7) is 0.181. The van der Waals surface area contributed by atoms with E-state index in [2.05, 4.69) is 9.97 Å². The molecule has 0 bridgehead atoms. The van der Waals surface area contributed by atoms with Gasteiger partial charge in [-0.3, -0.25) is 0 Å². The predicted octanol–water partition coefficient (Wildman–Crippen LogP) is 1.05. The maximum Gasteiger partial charge on any atom is 0.409 e. The first-order chi connectivity index (χ1) is 8.06. The molecule has 6 heteroatoms. The molecule has 1 aromatic heterocycles. The number of benzene rings is 1. The Labute approximate surface area is 97.2 Å². The van der Waals surface area contributed by atoms with E-state index in [1.807, 2.05) is 0 Å². The van der Waals surface area contributed by atoms with Crippen molar-refractivity contribution in [3.8, 4) is 0 Å². The first-order valence-electron chi connectivity index (χ1n) is 5.11. The molecule has 1 amide bonds. The summed E-state index contributed by atoms with van der Waals surface area (Å²) in [5.41, 5.74) is 2.01. The van der Waals surface area contributed by atoms with E-state index in [9.17, 15) is 9.59 Å². The SMILES string of the molecule is CN(C)C(=O)OCc1ccc2[nH]c(=O)[nH]c2c1. The van der Waals surface area contributed by atoms with Crippen molar-refractivity contribution in [1.29, 1.82) is 0 Å². The molecule has 0 fully saturated rings. The van der Waals surface area contributed by atoms with Crippen molar-refractivity contribution in [2.75, 3.05) is 14.1 Å². The Morgan fingerprint density at radius 3 is 2.71 bits per heavy atom. The molecular weight excluding hydrogens is 222 g/mol. The lowest BCUT2D eigenvalue weighted by molar-refractivity contribution is 0.112. The quantitative estimate of drug-likeness (QED) is 0.816. The van der Waals surface area contributed by atoms with E-state index in [1.54, 1.807) is 32.3 Å². The minimum Gasteiger partial charge on any atom is -0.445 e. The molecule has 0 saturated heterocycles. The van der Waals surface area contributed by atoms with Crippen LogP contribution in [0.2, 0.25) is 0 Å². The van der Waals surface area contributed by atoms with Gasteiger partial charge in [-0.05, 0) is 17.7 Å². The number of imidazole rings is 1. The number of aromatic nitrogens is 2. The van der Waals surface area contributed by atoms with Crippen molar-refractivity contribution in [2.24, 2.45) is 0 Å². The molecule has 6 nitrogen and oxygen atoms in total. The number of ether oxygens (including phenoxy) is 1. The Kier molecular flexibility index (Phi) is 2.86. The Balaban J connectivity index is 2.14. The van der Waals surface area contributed by atoms with Crippen molar-refractivity contribution in [3.63, 3.8) is 0 Å². The maximum absolute atomic E-state index is 11.2. The van der Waals surface area contributed by atoms with Gasteiger partial charge in [0, 0.05) is 14.1 Å². The van der Waals surface area contributed by atoms with Gasteiger partial charge in [0.25, 0.3) is 0 Å². The molecule has 1 aromatic carbocycles. The van der Waals surface area contributed by atoms with Crippen LogP contribution in [0, 0.1) is 0 Å². The predicted molar refractivity (Wildman–Crippen MR) is 62.8 cm³/mol. The van der Waals surface area contributed by atoms with Crippen LogP contribution in [-0.2, 0) is 11.3 Å². The zero-order valence-corrected chi connectivity index (χ0v) is 9.61. The van der Waals surface area contributed by atoms with Crippen LogP contribution in [0.3, 0.4) is 0 Å². The minimum absolute atomic E-state index is 0.181. The fourth-order valence-electron chi connectivity index (χ4n) is 1.44. The number of hydrogen-bond donors (Lipinski definition) is 2. The summed E-state index contributed by atoms with van der Waals surface area (Å²) in [5.74, 6) is 0. The van der Waals surface area contributed by atoms with Gasteiger partial charge in [-0.15, -0.1) is 0 Å². The second-order valence-electron chi connectivity index (χ2n) is 3.91. The second-order valence-corrected chi connectivity index (χ2v) is 3.91. The van der Waals surface area contributed by atoms with Crippen LogP contribution in [0.25, 0.3) is 11.0 Å². The highest BCUT2D eigenvalue weighted by atomic mass is 16.6. The van der Waals surface area contributed by atoms with Gasteiger partial charge < -0.3 is 19.6 Å². The number of fused-ring (bicyclic) bond motifs is 1. The van der Waals surface area contributed by atoms with Gasteiger partial charge in [0.15, 0.2) is 0 Å². The highest BCUT2D eigenvalue weighted by Crippen LogP contribution is 2.11. The molecule has 0 unspecified atom stereocenters. The lowest BCUT2D eigenvalue weighted by Gasteiger charge is -2.10. The average molecular weight is 235 g/mol. The Bertz CT molecular complexity index is 597. The Hall–Kier alpha value is -2.24. The summed E-state index contributed by atoms with van der Waals surface area (Å²) in [7, 11) is 3.24. The molecule has 0 aliphatic rings. The number of carbonyl (C=O) groups is 1. The molecule has 2 aromatic rings. The van der Waals surface area contributed by atoms with E-state index >= 15 is 0 Å². The highest BCUT2D eigenvalue weighted by Gasteiger charge is 2.05. The largest absolute Gasteiger partial charge is 0.445 e. The van der Waals surface area contributed by atoms with Crippen LogP contribution >= 0.6 is 0 Å². The van der Waals surface area contributed by atoms with Crippen LogP contribution in [0.15, 0.2) is 23.0 Å². The van der Waals surface area contributed by atoms with Gasteiger partial charge in [0.1, 0.15) is 6.61 Å². The zero-order valence-electron chi connectivity index (χ0n) is 9.61. The molecule has 0 saturated carbocycles. The smallest absolute Gasteiger partial charge is 0.409 e. The molecule has 0 atom stereocenters. The fraction of sp³-hybridized carbons (Fsp3) is 0.273. The van der Waals surface area contributed by atoms with E-state index in [0.717, 1.165) is 11.1 Å². The van der Waals surface area contributed by atoms with Gasteiger partial charge in [0.05, 0.1) is 11.0 Å². The summed E-state index contributed by atoms with van der Waals surface area (Å²) in [5, 5.41) is 0. The maximum atomic E-state index is 11.2. The number of nitrogens with zero attached hydrogens (tertiary/aromatic N) is 1. The number of nitrogens with one attached hydrogen (secondary N) is 2. The van der Waals surface area contributed by atoms with Crippen molar-refractivity contribution in [3.05, 3.63) is 34.2 Å². The van der Waals surface area contributed by atoms with Crippen molar-refractivity contribution in [1.82, 2.24) is 14.9 Å². The van der Waals surface area contributed by atoms with Crippen LogP contribution in [0.5, 0.6) is 0 Å². The second kappa shape index (κ2) is 4.32. The monoisotopic (exact) mass is 235 g/mol. The minimum atomic E-state index is -0.396. The molecule has 0 radical (unpaired) electrons. The lowest BCUT2D eigenvalue weighted by Crippen LogP contribution is -2.22. The van der Waals surface area contributed by atoms with E-state index in [-0.39, 0.29) is 12.3 Å². The number of amides is 1. The summed E-state index contributed by atoms with van der Waals surface area (Å²) < 4.78 is 5.03. The number of hydrogen-bond acceptors (Lipinski definition) is 3. The summed E-state index contributed by atoms with van der Waals surface area (Å²) >= 11 is 0. The number of H-pyrrole nitrogens is 2. The van der Waals surface area contributed by atoms with Crippen LogP contribution in [0.1, 0.15) is 5.56 Å². The van der Waals surface area contributed by atoms with E-state index in [4.69, 9.17) is 4.74 Å². The molecule has 0 spiro atoms. The molecule has 2 rings (SSSR count). The standard InChI is InChI=1S/C11H13N3O3/c1-14(2)11(16)17-6-7-3-4-8-9(5-7)13-10(15)12-8/h3-5H,6H2,1-2H3,(H2,12,13,15). The fourth-order valence-corrected chi connectivity index (χ4v) is 1.44. The summed E-state index contributed by atoms with van der Waals surface area (Å²) in [6.07, 6.45) is -0.396. The first kappa shape index (κ1) is 11.3. The van der Waals surface area contributed by atoms with Crippen molar-refractivity contribution < 1.29 is 9.53 Å². The van der Waals surface area contributed by atoms with Crippen LogP contribution < -0.4 is 5.69 Å². The van der Waals surface area contributed by atoms with E-state index in [1.165, 1.54) is 4.90 Å². The Morgan fingerprint density at radius 2 is 2.00 bits per heavy atom. The van der Waals surface area contributed by atoms with Gasteiger partial charge in [0.2, 0.25) is 0 Å². The third-order valence-electron chi connectivity index (χ3n) is 2.31. The van der Waals surface area contributed by atoms with E-state index < -0.39 is 6.09 Å². The first-order valence-corrected chi connectivity index (χ1v) is 5.11. The number of carbonyl (C=O) groups excluding carboxylic acids is 1. The van der Waals surface area contributed by atoms with Gasteiger partial charge in [-0.1, -0.05) is 6.07 Å². The molecule has 90 valence electrons. The highest BCUT2D eigenvalue weighted by molar-refractivity contribution is 5.75. The third kappa shape index (κ3) is 2.47. The average Bonchev–Trinajstić information content (AvgIpc) is 2.64. The number of aromatic amines is 2. The van der Waals surface area contributed by atoms with Crippen LogP contribution in [0.4, 0.5) is 4.79 Å². The molecule has 1 heterocycles. The molecule has 0 aliphatic heterocycles. The van der Waals surface area contributed by atoms with Gasteiger partial charge in [-0.2, -0.15) is 0 Å². The topological polar surface area (TPSA) is 78.2 Å². The van der Waals surface area contributed by atoms with Crippen molar-refractivity contribution in [2.45, 2.75) is 6.61 Å². The normalized spacial score (nSPS) is 10.5. The lowest BCUT2D eigenvalue weighted by atomic mass is 10.2. The molecule has 17 heavy (non-hydrogen) atoms. The Morgan fingerprint density at radius 1 is 1.29 bits per heavy atom. The zero-order chi connectivity index (χ0) is 12.4. The summed E-state index contributed by atoms with van der Waals surface area (Å²) in [4.78, 5) is 28.9. The molecule has 2 N–H and O–H groups in total.